The van der Waals surface area contributed by atoms with Crippen molar-refractivity contribution < 1.29 is 14.3 Å². The maximum atomic E-state index is 12.3. The van der Waals surface area contributed by atoms with E-state index in [4.69, 9.17) is 4.74 Å². The summed E-state index contributed by atoms with van der Waals surface area (Å²) in [6, 6.07) is 1.90. The standard InChI is InChI=1S/C20H29NO3S/c1-5-24-20(23)16-12-17(14(4)9-6-8-13(2)3)25-19(16)21-18(22)15-10-7-11-15/h8,12,14-15H,5-7,9-11H2,1-4H3,(H,21,22)/t14-/m0/s1. The lowest BCUT2D eigenvalue weighted by atomic mass is 9.85. The highest BCUT2D eigenvalue weighted by atomic mass is 32.1. The van der Waals surface area contributed by atoms with E-state index in [-0.39, 0.29) is 17.8 Å². The van der Waals surface area contributed by atoms with Gasteiger partial charge in [-0.15, -0.1) is 11.3 Å². The molecule has 1 atom stereocenters. The first kappa shape index (κ1) is 19.7. The Bertz CT molecular complexity index is 639. The van der Waals surface area contributed by atoms with Gasteiger partial charge in [0, 0.05) is 10.8 Å². The molecule has 0 radical (unpaired) electrons. The van der Waals surface area contributed by atoms with Crippen LogP contribution in [0.5, 0.6) is 0 Å². The molecule has 0 unspecified atom stereocenters. The molecule has 1 heterocycles. The first-order valence-corrected chi connectivity index (χ1v) is 9.99. The second-order valence-corrected chi connectivity index (χ2v) is 8.07. The van der Waals surface area contributed by atoms with Crippen molar-refractivity contribution in [2.24, 2.45) is 5.92 Å². The Hall–Kier alpha value is -1.62. The highest BCUT2D eigenvalue weighted by Crippen LogP contribution is 2.37. The highest BCUT2D eigenvalue weighted by molar-refractivity contribution is 7.16. The molecule has 1 fully saturated rings. The Morgan fingerprint density at radius 3 is 2.68 bits per heavy atom. The molecule has 1 aromatic rings. The molecule has 1 saturated carbocycles. The summed E-state index contributed by atoms with van der Waals surface area (Å²) in [5.41, 5.74) is 1.81. The first-order valence-electron chi connectivity index (χ1n) is 9.17. The molecule has 1 N–H and O–H groups in total. The molecule has 0 bridgehead atoms. The Balaban J connectivity index is 2.14. The summed E-state index contributed by atoms with van der Waals surface area (Å²) in [7, 11) is 0. The van der Waals surface area contributed by atoms with Gasteiger partial charge >= 0.3 is 5.97 Å². The van der Waals surface area contributed by atoms with Crippen molar-refractivity contribution >= 4 is 28.2 Å². The van der Waals surface area contributed by atoms with Gasteiger partial charge in [-0.1, -0.05) is 25.0 Å². The predicted octanol–water partition coefficient (Wildman–Crippen LogP) is 5.51. The van der Waals surface area contributed by atoms with E-state index in [9.17, 15) is 9.59 Å². The van der Waals surface area contributed by atoms with E-state index in [1.165, 1.54) is 16.9 Å². The Labute approximate surface area is 154 Å². The molecule has 0 saturated heterocycles. The van der Waals surface area contributed by atoms with Crippen LogP contribution < -0.4 is 5.32 Å². The van der Waals surface area contributed by atoms with Crippen LogP contribution >= 0.6 is 11.3 Å². The number of allylic oxidation sites excluding steroid dienone is 2. The summed E-state index contributed by atoms with van der Waals surface area (Å²) in [5, 5.41) is 3.61. The molecule has 1 amide bonds. The minimum Gasteiger partial charge on any atom is -0.462 e. The molecule has 0 spiro atoms. The van der Waals surface area contributed by atoms with E-state index in [2.05, 4.69) is 32.2 Å². The van der Waals surface area contributed by atoms with E-state index in [1.807, 2.05) is 6.07 Å². The van der Waals surface area contributed by atoms with E-state index in [0.717, 1.165) is 37.0 Å². The zero-order valence-electron chi connectivity index (χ0n) is 15.7. The van der Waals surface area contributed by atoms with E-state index < -0.39 is 0 Å². The number of carbonyl (C=O) groups is 2. The molecule has 4 nitrogen and oxygen atoms in total. The number of esters is 1. The van der Waals surface area contributed by atoms with Gasteiger partial charge < -0.3 is 10.1 Å². The maximum Gasteiger partial charge on any atom is 0.341 e. The number of thiophene rings is 1. The SMILES string of the molecule is CCOC(=O)c1cc([C@@H](C)CCC=C(C)C)sc1NC(=O)C1CCC1. The molecule has 1 aromatic heterocycles. The molecule has 1 aliphatic rings. The van der Waals surface area contributed by atoms with Crippen molar-refractivity contribution in [1.82, 2.24) is 0 Å². The fourth-order valence-electron chi connectivity index (χ4n) is 2.75. The second kappa shape index (κ2) is 9.18. The highest BCUT2D eigenvalue weighted by Gasteiger charge is 2.28. The van der Waals surface area contributed by atoms with Gasteiger partial charge in [-0.2, -0.15) is 0 Å². The van der Waals surface area contributed by atoms with Crippen LogP contribution in [0.4, 0.5) is 5.00 Å². The Morgan fingerprint density at radius 1 is 1.40 bits per heavy atom. The number of rotatable bonds is 8. The van der Waals surface area contributed by atoms with Crippen molar-refractivity contribution in [3.63, 3.8) is 0 Å². The van der Waals surface area contributed by atoms with Gasteiger partial charge in [0.1, 0.15) is 5.00 Å². The van der Waals surface area contributed by atoms with Crippen molar-refractivity contribution in [2.75, 3.05) is 11.9 Å². The zero-order chi connectivity index (χ0) is 18.4. The van der Waals surface area contributed by atoms with E-state index >= 15 is 0 Å². The van der Waals surface area contributed by atoms with Gasteiger partial charge in [0.15, 0.2) is 0 Å². The van der Waals surface area contributed by atoms with Crippen molar-refractivity contribution in [2.45, 2.75) is 65.7 Å². The smallest absolute Gasteiger partial charge is 0.341 e. The van der Waals surface area contributed by atoms with Gasteiger partial charge in [0.05, 0.1) is 12.2 Å². The van der Waals surface area contributed by atoms with Crippen molar-refractivity contribution in [1.29, 1.82) is 0 Å². The molecule has 0 aromatic carbocycles. The molecule has 5 heteroatoms. The van der Waals surface area contributed by atoms with Crippen LogP contribution in [0.15, 0.2) is 17.7 Å². The van der Waals surface area contributed by atoms with Crippen LogP contribution in [0.2, 0.25) is 0 Å². The number of anilines is 1. The molecule has 138 valence electrons. The number of carbonyl (C=O) groups excluding carboxylic acids is 2. The van der Waals surface area contributed by atoms with Crippen molar-refractivity contribution in [3.8, 4) is 0 Å². The summed E-state index contributed by atoms with van der Waals surface area (Å²) >= 11 is 1.51. The number of nitrogens with one attached hydrogen (secondary N) is 1. The van der Waals surface area contributed by atoms with Crippen molar-refractivity contribution in [3.05, 3.63) is 28.2 Å². The lowest BCUT2D eigenvalue weighted by Crippen LogP contribution is -2.28. The lowest BCUT2D eigenvalue weighted by Gasteiger charge is -2.23. The van der Waals surface area contributed by atoms with Crippen LogP contribution in [-0.2, 0) is 9.53 Å². The molecule has 0 aliphatic heterocycles. The van der Waals surface area contributed by atoms with Crippen LogP contribution in [0.3, 0.4) is 0 Å². The van der Waals surface area contributed by atoms with Crippen LogP contribution in [0, 0.1) is 5.92 Å². The third-order valence-electron chi connectivity index (χ3n) is 4.60. The fourth-order valence-corrected chi connectivity index (χ4v) is 3.89. The van der Waals surface area contributed by atoms with Gasteiger partial charge in [-0.05, 0) is 58.4 Å². The van der Waals surface area contributed by atoms with Gasteiger partial charge in [0.2, 0.25) is 5.91 Å². The monoisotopic (exact) mass is 363 g/mol. The third-order valence-corrected chi connectivity index (χ3v) is 5.88. The van der Waals surface area contributed by atoms with E-state index in [0.29, 0.717) is 23.1 Å². The topological polar surface area (TPSA) is 55.4 Å². The quantitative estimate of drug-likeness (QED) is 0.489. The zero-order valence-corrected chi connectivity index (χ0v) is 16.5. The normalized spacial score (nSPS) is 15.2. The summed E-state index contributed by atoms with van der Waals surface area (Å²) in [6.45, 7) is 8.48. The number of ether oxygens (including phenoxy) is 1. The predicted molar refractivity (Wildman–Crippen MR) is 103 cm³/mol. The maximum absolute atomic E-state index is 12.3. The van der Waals surface area contributed by atoms with Crippen LogP contribution in [0.1, 0.15) is 81.0 Å². The summed E-state index contributed by atoms with van der Waals surface area (Å²) in [4.78, 5) is 25.7. The molecule has 25 heavy (non-hydrogen) atoms. The average molecular weight is 364 g/mol. The summed E-state index contributed by atoms with van der Waals surface area (Å²) in [6.07, 6.45) is 7.26. The van der Waals surface area contributed by atoms with Gasteiger partial charge in [-0.3, -0.25) is 4.79 Å². The fraction of sp³-hybridized carbons (Fsp3) is 0.600. The first-order chi connectivity index (χ1) is 11.9. The van der Waals surface area contributed by atoms with E-state index in [1.54, 1.807) is 6.92 Å². The minimum absolute atomic E-state index is 0.0300. The number of hydrogen-bond acceptors (Lipinski definition) is 4. The van der Waals surface area contributed by atoms with Crippen LogP contribution in [-0.4, -0.2) is 18.5 Å². The summed E-state index contributed by atoms with van der Waals surface area (Å²) in [5.74, 6) is 0.103. The number of hydrogen-bond donors (Lipinski definition) is 1. The lowest BCUT2D eigenvalue weighted by molar-refractivity contribution is -0.122. The molecule has 1 aliphatic carbocycles. The van der Waals surface area contributed by atoms with Crippen LogP contribution in [0.25, 0.3) is 0 Å². The largest absolute Gasteiger partial charge is 0.462 e. The third kappa shape index (κ3) is 5.43. The molecule has 2 rings (SSSR count). The molecular weight excluding hydrogens is 334 g/mol. The minimum atomic E-state index is -0.356. The average Bonchev–Trinajstić information content (AvgIpc) is 2.89. The summed E-state index contributed by atoms with van der Waals surface area (Å²) < 4.78 is 5.16. The Morgan fingerprint density at radius 2 is 2.12 bits per heavy atom. The molecular formula is C20H29NO3S. The second-order valence-electron chi connectivity index (χ2n) is 6.99. The number of amides is 1. The van der Waals surface area contributed by atoms with Gasteiger partial charge in [-0.25, -0.2) is 4.79 Å². The van der Waals surface area contributed by atoms with Gasteiger partial charge in [0.25, 0.3) is 0 Å². The Kier molecular flexibility index (Phi) is 7.24.